The van der Waals surface area contributed by atoms with Gasteiger partial charge in [-0.15, -0.1) is 0 Å². The Kier molecular flexibility index (Phi) is 4.41. The second-order valence-electron chi connectivity index (χ2n) is 4.98. The fourth-order valence-electron chi connectivity index (χ4n) is 2.34. The lowest BCUT2D eigenvalue weighted by atomic mass is 10.0. The molecule has 9 heteroatoms. The largest absolute Gasteiger partial charge is 0.281 e. The fourth-order valence-corrected chi connectivity index (χ4v) is 4.46. The van der Waals surface area contributed by atoms with Gasteiger partial charge in [0, 0.05) is 27.2 Å². The molecule has 7 nitrogen and oxygen atoms in total. The third kappa shape index (κ3) is 2.97. The smallest absolute Gasteiger partial charge is 0.214 e. The number of hydrogen-bond donors (Lipinski definition) is 1. The van der Waals surface area contributed by atoms with E-state index in [1.165, 1.54) is 25.4 Å². The van der Waals surface area contributed by atoms with E-state index in [9.17, 15) is 16.8 Å². The van der Waals surface area contributed by atoms with Gasteiger partial charge in [-0.1, -0.05) is 12.1 Å². The van der Waals surface area contributed by atoms with Gasteiger partial charge in [0.05, 0.1) is 4.90 Å². The molecule has 1 aliphatic rings. The summed E-state index contributed by atoms with van der Waals surface area (Å²) >= 11 is 0. The van der Waals surface area contributed by atoms with Crippen LogP contribution in [0.2, 0.25) is 0 Å². The van der Waals surface area contributed by atoms with Crippen molar-refractivity contribution in [2.45, 2.75) is 17.9 Å². The Morgan fingerprint density at radius 1 is 1.19 bits per heavy atom. The molecule has 0 saturated heterocycles. The molecule has 2 rings (SSSR count). The number of hydrogen-bond acceptors (Lipinski definition) is 4. The molecule has 0 bridgehead atoms. The summed E-state index contributed by atoms with van der Waals surface area (Å²) in [7, 11) is -2.71. The van der Waals surface area contributed by atoms with Crippen LogP contribution in [0.15, 0.2) is 23.1 Å². The van der Waals surface area contributed by atoms with Crippen LogP contribution in [0.3, 0.4) is 0 Å². The molecule has 21 heavy (non-hydrogen) atoms. The van der Waals surface area contributed by atoms with Gasteiger partial charge in [0.15, 0.2) is 0 Å². The predicted octanol–water partition coefficient (Wildman–Crippen LogP) is -0.241. The molecule has 0 unspecified atom stereocenters. The first kappa shape index (κ1) is 16.4. The van der Waals surface area contributed by atoms with E-state index in [1.807, 2.05) is 0 Å². The number of nitrogens with zero attached hydrogens (tertiary/aromatic N) is 2. The molecule has 1 heterocycles. The van der Waals surface area contributed by atoms with Crippen LogP contribution in [0.25, 0.3) is 0 Å². The molecule has 118 valence electrons. The molecular formula is C12H19N3O4S2. The Hall–Kier alpha value is -1.00. The number of rotatable bonds is 4. The van der Waals surface area contributed by atoms with Gasteiger partial charge in [-0.2, -0.15) is 17.0 Å². The van der Waals surface area contributed by atoms with Crippen molar-refractivity contribution in [3.05, 3.63) is 29.3 Å². The average molecular weight is 333 g/mol. The van der Waals surface area contributed by atoms with Gasteiger partial charge in [0.25, 0.3) is 10.2 Å². The van der Waals surface area contributed by atoms with Crippen LogP contribution in [0, 0.1) is 0 Å². The second kappa shape index (κ2) is 5.65. The van der Waals surface area contributed by atoms with Gasteiger partial charge in [0.1, 0.15) is 0 Å². The Morgan fingerprint density at radius 3 is 2.43 bits per heavy atom. The van der Waals surface area contributed by atoms with Crippen molar-refractivity contribution >= 4 is 20.2 Å². The van der Waals surface area contributed by atoms with Crippen LogP contribution in [-0.4, -0.2) is 53.1 Å². The fraction of sp³-hybridized carbons (Fsp3) is 0.500. The summed E-state index contributed by atoms with van der Waals surface area (Å²) in [4.78, 5) is 0.226. The molecule has 0 saturated carbocycles. The molecule has 1 aromatic carbocycles. The van der Waals surface area contributed by atoms with Crippen molar-refractivity contribution in [3.8, 4) is 0 Å². The van der Waals surface area contributed by atoms with Gasteiger partial charge in [0.2, 0.25) is 10.0 Å². The molecule has 0 aromatic heterocycles. The Morgan fingerprint density at radius 2 is 1.86 bits per heavy atom. The van der Waals surface area contributed by atoms with E-state index in [1.54, 1.807) is 18.2 Å². The van der Waals surface area contributed by atoms with E-state index in [-0.39, 0.29) is 18.0 Å². The SMILES string of the molecule is CNS(=O)(=O)c1cccc2c1CCN(S(=O)(=O)N(C)C)C2. The van der Waals surface area contributed by atoms with Crippen LogP contribution in [-0.2, 0) is 33.2 Å². The van der Waals surface area contributed by atoms with Crippen molar-refractivity contribution in [1.82, 2.24) is 13.3 Å². The van der Waals surface area contributed by atoms with Gasteiger partial charge in [-0.3, -0.25) is 0 Å². The second-order valence-corrected chi connectivity index (χ2v) is 8.97. The first-order chi connectivity index (χ1) is 9.70. The molecular weight excluding hydrogens is 314 g/mol. The highest BCUT2D eigenvalue weighted by molar-refractivity contribution is 7.89. The molecule has 0 radical (unpaired) electrons. The van der Waals surface area contributed by atoms with Gasteiger partial charge in [-0.05, 0) is 30.7 Å². The van der Waals surface area contributed by atoms with E-state index in [0.29, 0.717) is 12.0 Å². The zero-order valence-electron chi connectivity index (χ0n) is 12.2. The maximum Gasteiger partial charge on any atom is 0.281 e. The Labute approximate surface area is 125 Å². The minimum absolute atomic E-state index is 0.183. The highest BCUT2D eigenvalue weighted by Crippen LogP contribution is 2.27. The quantitative estimate of drug-likeness (QED) is 0.824. The van der Waals surface area contributed by atoms with E-state index >= 15 is 0 Å². The van der Waals surface area contributed by atoms with E-state index in [4.69, 9.17) is 0 Å². The van der Waals surface area contributed by atoms with Crippen molar-refractivity contribution in [3.63, 3.8) is 0 Å². The van der Waals surface area contributed by atoms with Crippen LogP contribution in [0.4, 0.5) is 0 Å². The molecule has 0 atom stereocenters. The van der Waals surface area contributed by atoms with E-state index < -0.39 is 20.2 Å². The molecule has 0 spiro atoms. The number of sulfonamides is 1. The third-order valence-electron chi connectivity index (χ3n) is 3.53. The van der Waals surface area contributed by atoms with Crippen LogP contribution in [0.5, 0.6) is 0 Å². The monoisotopic (exact) mass is 333 g/mol. The van der Waals surface area contributed by atoms with Gasteiger partial charge < -0.3 is 0 Å². The number of nitrogens with one attached hydrogen (secondary N) is 1. The maximum absolute atomic E-state index is 12.2. The summed E-state index contributed by atoms with van der Waals surface area (Å²) in [5.41, 5.74) is 1.42. The van der Waals surface area contributed by atoms with Crippen LogP contribution in [0.1, 0.15) is 11.1 Å². The molecule has 1 aliphatic heterocycles. The lowest BCUT2D eigenvalue weighted by Crippen LogP contribution is -2.43. The molecule has 1 N–H and O–H groups in total. The highest BCUT2D eigenvalue weighted by Gasteiger charge is 2.31. The summed E-state index contributed by atoms with van der Waals surface area (Å²) in [6.45, 7) is 0.451. The molecule has 0 amide bonds. The molecule has 0 aliphatic carbocycles. The van der Waals surface area contributed by atoms with Crippen molar-refractivity contribution in [1.29, 1.82) is 0 Å². The van der Waals surface area contributed by atoms with Crippen LogP contribution < -0.4 is 4.72 Å². The van der Waals surface area contributed by atoms with Gasteiger partial charge >= 0.3 is 0 Å². The molecule has 0 fully saturated rings. The number of fused-ring (bicyclic) bond motifs is 1. The standard InChI is InChI=1S/C12H19N3O4S2/c1-13-20(16,17)12-6-4-5-10-9-15(8-7-11(10)12)21(18,19)14(2)3/h4-6,13H,7-9H2,1-3H3. The average Bonchev–Trinajstić information content (AvgIpc) is 2.45. The lowest BCUT2D eigenvalue weighted by molar-refractivity contribution is 0.357. The number of benzene rings is 1. The summed E-state index contributed by atoms with van der Waals surface area (Å²) in [6.07, 6.45) is 0.374. The zero-order chi connectivity index (χ0) is 15.8. The lowest BCUT2D eigenvalue weighted by Gasteiger charge is -2.31. The van der Waals surface area contributed by atoms with Crippen molar-refractivity contribution in [2.24, 2.45) is 0 Å². The highest BCUT2D eigenvalue weighted by atomic mass is 32.2. The topological polar surface area (TPSA) is 86.8 Å². The zero-order valence-corrected chi connectivity index (χ0v) is 13.8. The summed E-state index contributed by atoms with van der Waals surface area (Å²) in [5.74, 6) is 0. The van der Waals surface area contributed by atoms with E-state index in [0.717, 1.165) is 9.87 Å². The third-order valence-corrected chi connectivity index (χ3v) is 6.92. The van der Waals surface area contributed by atoms with Crippen LogP contribution >= 0.6 is 0 Å². The van der Waals surface area contributed by atoms with Crippen molar-refractivity contribution in [2.75, 3.05) is 27.7 Å². The van der Waals surface area contributed by atoms with Crippen molar-refractivity contribution < 1.29 is 16.8 Å². The normalized spacial score (nSPS) is 17.0. The summed E-state index contributed by atoms with van der Waals surface area (Å²) in [5, 5.41) is 0. The Bertz CT molecular complexity index is 742. The Balaban J connectivity index is 2.44. The first-order valence-corrected chi connectivity index (χ1v) is 9.30. The maximum atomic E-state index is 12.2. The predicted molar refractivity (Wildman–Crippen MR) is 79.4 cm³/mol. The first-order valence-electron chi connectivity index (χ1n) is 6.42. The van der Waals surface area contributed by atoms with Gasteiger partial charge in [-0.25, -0.2) is 13.1 Å². The minimum Gasteiger partial charge on any atom is -0.214 e. The summed E-state index contributed by atoms with van der Waals surface area (Å²) < 4.78 is 53.1. The molecule has 1 aromatic rings. The minimum atomic E-state index is -3.54. The van der Waals surface area contributed by atoms with E-state index in [2.05, 4.69) is 4.72 Å². The summed E-state index contributed by atoms with van der Waals surface area (Å²) in [6, 6.07) is 4.94.